The summed E-state index contributed by atoms with van der Waals surface area (Å²) in [5, 5.41) is 3.44. The maximum Gasteiger partial charge on any atom is 0.00553 e. The standard InChI is InChI=1S/C8H19NS2/c1-8(7-11-3)6-9-4-5-10-2/h8-9H,4-7H2,1-3H3. The Balaban J connectivity index is 2.97. The fourth-order valence-corrected chi connectivity index (χ4v) is 1.90. The van der Waals surface area contributed by atoms with E-state index in [0.717, 1.165) is 12.5 Å². The third-order valence-electron chi connectivity index (χ3n) is 1.43. The Kier molecular flexibility index (Phi) is 9.28. The highest BCUT2D eigenvalue weighted by Crippen LogP contribution is 2.02. The first-order chi connectivity index (χ1) is 5.31. The van der Waals surface area contributed by atoms with Crippen molar-refractivity contribution in [3.8, 4) is 0 Å². The second kappa shape index (κ2) is 8.75. The van der Waals surface area contributed by atoms with E-state index in [1.54, 1.807) is 0 Å². The fraction of sp³-hybridized carbons (Fsp3) is 1.00. The van der Waals surface area contributed by atoms with E-state index in [0.29, 0.717) is 0 Å². The number of nitrogens with one attached hydrogen (secondary N) is 1. The molecule has 0 aromatic rings. The Bertz CT molecular complexity index is 78.5. The lowest BCUT2D eigenvalue weighted by molar-refractivity contribution is 0.576. The van der Waals surface area contributed by atoms with Crippen molar-refractivity contribution in [2.75, 3.05) is 37.1 Å². The molecule has 1 unspecified atom stereocenters. The van der Waals surface area contributed by atoms with Crippen LogP contribution < -0.4 is 5.32 Å². The second-order valence-electron chi connectivity index (χ2n) is 2.76. The molecule has 0 bridgehead atoms. The minimum atomic E-state index is 0.812. The van der Waals surface area contributed by atoms with Gasteiger partial charge in [0, 0.05) is 12.3 Å². The van der Waals surface area contributed by atoms with Crippen molar-refractivity contribution in [1.29, 1.82) is 0 Å². The van der Waals surface area contributed by atoms with Gasteiger partial charge in [0.2, 0.25) is 0 Å². The average Bonchev–Trinajstić information content (AvgIpc) is 1.99. The minimum absolute atomic E-state index is 0.812. The highest BCUT2D eigenvalue weighted by atomic mass is 32.2. The number of rotatable bonds is 7. The second-order valence-corrected chi connectivity index (χ2v) is 4.65. The van der Waals surface area contributed by atoms with Gasteiger partial charge in [-0.05, 0) is 30.7 Å². The summed E-state index contributed by atoms with van der Waals surface area (Å²) in [5.41, 5.74) is 0. The predicted molar refractivity (Wildman–Crippen MR) is 58.8 cm³/mol. The van der Waals surface area contributed by atoms with Gasteiger partial charge < -0.3 is 5.32 Å². The van der Waals surface area contributed by atoms with Crippen molar-refractivity contribution in [2.24, 2.45) is 5.92 Å². The molecular formula is C8H19NS2. The van der Waals surface area contributed by atoms with Crippen molar-refractivity contribution in [1.82, 2.24) is 5.32 Å². The van der Waals surface area contributed by atoms with Crippen molar-refractivity contribution in [3.05, 3.63) is 0 Å². The van der Waals surface area contributed by atoms with Gasteiger partial charge in [-0.3, -0.25) is 0 Å². The first-order valence-corrected chi connectivity index (χ1v) is 6.78. The van der Waals surface area contributed by atoms with Crippen LogP contribution in [0.1, 0.15) is 6.92 Å². The van der Waals surface area contributed by atoms with Crippen LogP contribution in [-0.2, 0) is 0 Å². The zero-order valence-electron chi connectivity index (χ0n) is 7.72. The minimum Gasteiger partial charge on any atom is -0.316 e. The highest BCUT2D eigenvalue weighted by Gasteiger charge is 1.98. The molecular weight excluding hydrogens is 174 g/mol. The summed E-state index contributed by atoms with van der Waals surface area (Å²) < 4.78 is 0. The molecule has 0 spiro atoms. The first-order valence-electron chi connectivity index (χ1n) is 3.99. The van der Waals surface area contributed by atoms with E-state index in [1.165, 1.54) is 18.1 Å². The molecule has 0 heterocycles. The molecule has 68 valence electrons. The highest BCUT2D eigenvalue weighted by molar-refractivity contribution is 7.98. The summed E-state index contributed by atoms with van der Waals surface area (Å²) in [7, 11) is 0. The molecule has 1 atom stereocenters. The normalized spacial score (nSPS) is 13.4. The summed E-state index contributed by atoms with van der Waals surface area (Å²) in [4.78, 5) is 0. The molecule has 1 N–H and O–H groups in total. The van der Waals surface area contributed by atoms with E-state index in [-0.39, 0.29) is 0 Å². The van der Waals surface area contributed by atoms with E-state index in [1.807, 2.05) is 23.5 Å². The quantitative estimate of drug-likeness (QED) is 0.621. The summed E-state index contributed by atoms with van der Waals surface area (Å²) in [6.07, 6.45) is 4.31. The van der Waals surface area contributed by atoms with Crippen LogP contribution in [0, 0.1) is 5.92 Å². The molecule has 1 nitrogen and oxygen atoms in total. The predicted octanol–water partition coefficient (Wildman–Crippen LogP) is 1.94. The third kappa shape index (κ3) is 8.57. The van der Waals surface area contributed by atoms with Gasteiger partial charge in [0.15, 0.2) is 0 Å². The molecule has 0 radical (unpaired) electrons. The molecule has 0 aromatic heterocycles. The molecule has 11 heavy (non-hydrogen) atoms. The lowest BCUT2D eigenvalue weighted by atomic mass is 10.2. The van der Waals surface area contributed by atoms with Gasteiger partial charge in [0.1, 0.15) is 0 Å². The van der Waals surface area contributed by atoms with Crippen LogP contribution in [0.3, 0.4) is 0 Å². The molecule has 0 saturated carbocycles. The van der Waals surface area contributed by atoms with Crippen LogP contribution in [0.2, 0.25) is 0 Å². The van der Waals surface area contributed by atoms with Crippen molar-refractivity contribution >= 4 is 23.5 Å². The monoisotopic (exact) mass is 193 g/mol. The van der Waals surface area contributed by atoms with Crippen LogP contribution in [0.25, 0.3) is 0 Å². The number of hydrogen-bond acceptors (Lipinski definition) is 3. The fourth-order valence-electron chi connectivity index (χ4n) is 0.866. The van der Waals surface area contributed by atoms with E-state index in [2.05, 4.69) is 24.8 Å². The molecule has 3 heteroatoms. The van der Waals surface area contributed by atoms with Crippen molar-refractivity contribution in [3.63, 3.8) is 0 Å². The number of hydrogen-bond donors (Lipinski definition) is 1. The Labute approximate surface area is 79.1 Å². The Morgan fingerprint density at radius 3 is 2.55 bits per heavy atom. The van der Waals surface area contributed by atoms with Gasteiger partial charge in [-0.15, -0.1) is 0 Å². The van der Waals surface area contributed by atoms with E-state index in [9.17, 15) is 0 Å². The molecule has 0 aliphatic rings. The van der Waals surface area contributed by atoms with E-state index >= 15 is 0 Å². The van der Waals surface area contributed by atoms with Crippen molar-refractivity contribution in [2.45, 2.75) is 6.92 Å². The Morgan fingerprint density at radius 1 is 1.27 bits per heavy atom. The molecule has 0 rings (SSSR count). The van der Waals surface area contributed by atoms with Gasteiger partial charge in [-0.2, -0.15) is 23.5 Å². The van der Waals surface area contributed by atoms with Crippen LogP contribution >= 0.6 is 23.5 Å². The van der Waals surface area contributed by atoms with Gasteiger partial charge >= 0.3 is 0 Å². The summed E-state index contributed by atoms with van der Waals surface area (Å²) in [6, 6.07) is 0. The van der Waals surface area contributed by atoms with Crippen LogP contribution in [-0.4, -0.2) is 37.1 Å². The van der Waals surface area contributed by atoms with E-state index < -0.39 is 0 Å². The van der Waals surface area contributed by atoms with Crippen molar-refractivity contribution < 1.29 is 0 Å². The van der Waals surface area contributed by atoms with Crippen LogP contribution in [0.4, 0.5) is 0 Å². The van der Waals surface area contributed by atoms with E-state index in [4.69, 9.17) is 0 Å². The smallest absolute Gasteiger partial charge is 0.00553 e. The first kappa shape index (κ1) is 11.7. The molecule has 0 fully saturated rings. The maximum atomic E-state index is 3.44. The summed E-state index contributed by atoms with van der Waals surface area (Å²) in [6.45, 7) is 4.61. The molecule has 0 aliphatic carbocycles. The zero-order valence-corrected chi connectivity index (χ0v) is 9.36. The summed E-state index contributed by atoms with van der Waals surface area (Å²) in [5.74, 6) is 3.31. The third-order valence-corrected chi connectivity index (χ3v) is 2.94. The molecule has 0 amide bonds. The summed E-state index contributed by atoms with van der Waals surface area (Å²) >= 11 is 3.83. The van der Waals surface area contributed by atoms with Gasteiger partial charge in [-0.1, -0.05) is 6.92 Å². The molecule has 0 aliphatic heterocycles. The maximum absolute atomic E-state index is 3.44. The van der Waals surface area contributed by atoms with Crippen LogP contribution in [0.15, 0.2) is 0 Å². The molecule has 0 saturated heterocycles. The largest absolute Gasteiger partial charge is 0.316 e. The van der Waals surface area contributed by atoms with Gasteiger partial charge in [-0.25, -0.2) is 0 Å². The molecule has 0 aromatic carbocycles. The number of thioether (sulfide) groups is 2. The lowest BCUT2D eigenvalue weighted by Gasteiger charge is -2.09. The van der Waals surface area contributed by atoms with Crippen LogP contribution in [0.5, 0.6) is 0 Å². The topological polar surface area (TPSA) is 12.0 Å². The van der Waals surface area contributed by atoms with Gasteiger partial charge in [0.25, 0.3) is 0 Å². The lowest BCUT2D eigenvalue weighted by Crippen LogP contribution is -2.24. The SMILES string of the molecule is CSCCNCC(C)CSC. The zero-order chi connectivity index (χ0) is 8.53. The average molecular weight is 193 g/mol. The van der Waals surface area contributed by atoms with Gasteiger partial charge in [0.05, 0.1) is 0 Å². The Hall–Kier alpha value is 0.660. The Morgan fingerprint density at radius 2 is 2.00 bits per heavy atom.